The van der Waals surface area contributed by atoms with E-state index >= 15 is 0 Å². The minimum Gasteiger partial charge on any atom is -0.320 e. The SMILES string of the molecule is CN1C(=O)[C@@]23C[C@](C)(C#N)C(c4ccccc4)N2C(=O)[C@]1(C)S3=S. The minimum absolute atomic E-state index is 0.122. The number of piperazine rings is 1. The van der Waals surface area contributed by atoms with Gasteiger partial charge < -0.3 is 9.80 Å². The largest absolute Gasteiger partial charge is 0.320 e. The molecule has 24 heavy (non-hydrogen) atoms. The second-order valence-corrected chi connectivity index (χ2v) is 10.1. The van der Waals surface area contributed by atoms with Gasteiger partial charge in [-0.05, 0) is 30.6 Å². The number of nitriles is 1. The molecule has 0 aliphatic carbocycles. The molecule has 3 fully saturated rings. The number of hydrogen-bond acceptors (Lipinski definition) is 4. The van der Waals surface area contributed by atoms with Gasteiger partial charge in [-0.2, -0.15) is 5.26 Å². The highest BCUT2D eigenvalue weighted by molar-refractivity contribution is 8.31. The molecule has 2 unspecified atom stereocenters. The summed E-state index contributed by atoms with van der Waals surface area (Å²) in [5.74, 6) is -0.251. The Bertz CT molecular complexity index is 851. The number of amides is 2. The molecule has 1 spiro atoms. The molecular weight excluding hydrogens is 342 g/mol. The van der Waals surface area contributed by atoms with Gasteiger partial charge in [-0.1, -0.05) is 39.8 Å². The third-order valence-corrected chi connectivity index (χ3v) is 9.89. The number of hydrogen-bond donors (Lipinski definition) is 0. The number of benzene rings is 1. The van der Waals surface area contributed by atoms with Crippen molar-refractivity contribution in [2.24, 2.45) is 5.41 Å². The van der Waals surface area contributed by atoms with E-state index in [1.807, 2.05) is 37.3 Å². The van der Waals surface area contributed by atoms with Crippen LogP contribution in [0.2, 0.25) is 0 Å². The highest BCUT2D eigenvalue weighted by Crippen LogP contribution is 2.64. The predicted molar refractivity (Wildman–Crippen MR) is 93.0 cm³/mol. The monoisotopic (exact) mass is 359 g/mol. The maximum absolute atomic E-state index is 13.3. The lowest BCUT2D eigenvalue weighted by Crippen LogP contribution is -2.60. The molecule has 5 atom stereocenters. The van der Waals surface area contributed by atoms with E-state index in [1.165, 1.54) is 4.90 Å². The predicted octanol–water partition coefficient (Wildman–Crippen LogP) is 1.47. The summed E-state index contributed by atoms with van der Waals surface area (Å²) < 4.78 is 0. The minimum atomic E-state index is -1.05. The molecule has 3 aliphatic rings. The van der Waals surface area contributed by atoms with E-state index in [-0.39, 0.29) is 11.8 Å². The zero-order valence-electron chi connectivity index (χ0n) is 13.6. The van der Waals surface area contributed by atoms with Crippen molar-refractivity contribution < 1.29 is 9.59 Å². The molecule has 0 radical (unpaired) electrons. The number of nitrogens with zero attached hydrogens (tertiary/aromatic N) is 3. The van der Waals surface area contributed by atoms with Crippen molar-refractivity contribution >= 4 is 32.5 Å². The quantitative estimate of drug-likeness (QED) is 0.762. The van der Waals surface area contributed by atoms with Gasteiger partial charge in [0.15, 0.2) is 9.74 Å². The fourth-order valence-electron chi connectivity index (χ4n) is 4.48. The number of rotatable bonds is 1. The highest BCUT2D eigenvalue weighted by Gasteiger charge is 2.80. The van der Waals surface area contributed by atoms with Gasteiger partial charge in [-0.15, -0.1) is 0 Å². The zero-order chi connectivity index (χ0) is 17.5. The maximum Gasteiger partial charge on any atom is 0.261 e. The van der Waals surface area contributed by atoms with Gasteiger partial charge in [0.2, 0.25) is 0 Å². The second-order valence-electron chi connectivity index (χ2n) is 7.09. The third-order valence-electron chi connectivity index (χ3n) is 5.79. The molecule has 2 amide bonds. The van der Waals surface area contributed by atoms with Crippen LogP contribution in [-0.4, -0.2) is 38.4 Å². The van der Waals surface area contributed by atoms with Gasteiger partial charge >= 0.3 is 0 Å². The van der Waals surface area contributed by atoms with Gasteiger partial charge in [0.05, 0.1) is 17.5 Å². The van der Waals surface area contributed by atoms with Crippen molar-refractivity contribution in [2.45, 2.75) is 36.1 Å². The van der Waals surface area contributed by atoms with Gasteiger partial charge in [0.25, 0.3) is 11.8 Å². The average Bonchev–Trinajstić information content (AvgIpc) is 3.02. The van der Waals surface area contributed by atoms with Gasteiger partial charge in [-0.3, -0.25) is 9.59 Å². The van der Waals surface area contributed by atoms with Crippen LogP contribution >= 0.6 is 0 Å². The number of carbonyl (C=O) groups excluding carboxylic acids is 2. The third kappa shape index (κ3) is 1.39. The van der Waals surface area contributed by atoms with Crippen molar-refractivity contribution in [3.63, 3.8) is 0 Å². The highest BCUT2D eigenvalue weighted by atomic mass is 32.8. The van der Waals surface area contributed by atoms with Crippen LogP contribution in [0.4, 0.5) is 0 Å². The van der Waals surface area contributed by atoms with Crippen LogP contribution < -0.4 is 0 Å². The van der Waals surface area contributed by atoms with E-state index in [4.69, 9.17) is 11.2 Å². The average molecular weight is 359 g/mol. The van der Waals surface area contributed by atoms with Gasteiger partial charge in [-0.25, -0.2) is 0 Å². The van der Waals surface area contributed by atoms with Crippen molar-refractivity contribution in [3.8, 4) is 6.07 Å². The number of carbonyl (C=O) groups is 2. The van der Waals surface area contributed by atoms with E-state index in [1.54, 1.807) is 18.9 Å². The van der Waals surface area contributed by atoms with Crippen LogP contribution in [0.15, 0.2) is 30.3 Å². The molecule has 124 valence electrons. The summed E-state index contributed by atoms with van der Waals surface area (Å²) in [7, 11) is 0.760. The van der Waals surface area contributed by atoms with Crippen molar-refractivity contribution in [2.75, 3.05) is 7.05 Å². The van der Waals surface area contributed by atoms with Gasteiger partial charge in [0, 0.05) is 13.5 Å². The standard InChI is InChI=1S/C17H17N3O2S2/c1-15(10-18)9-17-14(22)19(3)16(2,24(17)23)13(21)20(17)12(15)11-7-5-4-6-8-11/h4-8,12H,9H2,1-3H3/t12?,15-,16+,17+,24?/m1/s1. The molecular formula is C17H17N3O2S2. The molecule has 3 heterocycles. The Morgan fingerprint density at radius 2 is 1.88 bits per heavy atom. The lowest BCUT2D eigenvalue weighted by molar-refractivity contribution is -0.159. The summed E-state index contributed by atoms with van der Waals surface area (Å²) in [6, 6.07) is 11.4. The van der Waals surface area contributed by atoms with E-state index in [0.717, 1.165) is 5.56 Å². The summed E-state index contributed by atoms with van der Waals surface area (Å²) >= 11 is 5.73. The van der Waals surface area contributed by atoms with Crippen LogP contribution in [0.1, 0.15) is 31.9 Å². The molecule has 7 heteroatoms. The molecule has 0 saturated carbocycles. The molecule has 0 N–H and O–H groups in total. The van der Waals surface area contributed by atoms with Gasteiger partial charge in [0.1, 0.15) is 0 Å². The first-order chi connectivity index (χ1) is 11.2. The Hall–Kier alpha value is -1.78. The topological polar surface area (TPSA) is 64.4 Å². The molecule has 1 aromatic rings. The summed E-state index contributed by atoms with van der Waals surface area (Å²) in [5.41, 5.74) is 0.0360. The molecule has 1 aromatic carbocycles. The molecule has 3 aliphatic heterocycles. The summed E-state index contributed by atoms with van der Waals surface area (Å²) in [4.78, 5) is 27.5. The molecule has 5 nitrogen and oxygen atoms in total. The van der Waals surface area contributed by atoms with E-state index in [2.05, 4.69) is 6.07 Å². The Labute approximate surface area is 147 Å². The van der Waals surface area contributed by atoms with E-state index in [9.17, 15) is 14.9 Å². The van der Waals surface area contributed by atoms with Crippen LogP contribution in [0.25, 0.3) is 0 Å². The van der Waals surface area contributed by atoms with E-state index < -0.39 is 30.7 Å². The smallest absolute Gasteiger partial charge is 0.261 e. The number of fused-ring (bicyclic) bond motifs is 1. The van der Waals surface area contributed by atoms with Crippen LogP contribution in [0, 0.1) is 16.7 Å². The van der Waals surface area contributed by atoms with E-state index in [0.29, 0.717) is 6.42 Å². The fraction of sp³-hybridized carbons (Fsp3) is 0.471. The first-order valence-corrected chi connectivity index (χ1v) is 9.90. The van der Waals surface area contributed by atoms with Crippen LogP contribution in [0.5, 0.6) is 0 Å². The first-order valence-electron chi connectivity index (χ1n) is 7.75. The normalized spacial score (nSPS) is 43.2. The van der Waals surface area contributed by atoms with Crippen LogP contribution in [0.3, 0.4) is 0 Å². The Kier molecular flexibility index (Phi) is 2.91. The lowest BCUT2D eigenvalue weighted by atomic mass is 9.79. The summed E-state index contributed by atoms with van der Waals surface area (Å²) in [6.07, 6.45) is 0.299. The Balaban J connectivity index is 1.99. The fourth-order valence-corrected chi connectivity index (χ4v) is 8.00. The Morgan fingerprint density at radius 1 is 1.25 bits per heavy atom. The maximum atomic E-state index is 13.3. The molecule has 3 saturated heterocycles. The first kappa shape index (κ1) is 15.7. The van der Waals surface area contributed by atoms with Crippen LogP contribution in [-0.2, 0) is 30.2 Å². The zero-order valence-corrected chi connectivity index (χ0v) is 15.3. The molecule has 2 bridgehead atoms. The van der Waals surface area contributed by atoms with Crippen molar-refractivity contribution in [3.05, 3.63) is 35.9 Å². The summed E-state index contributed by atoms with van der Waals surface area (Å²) in [6.45, 7) is 3.60. The lowest BCUT2D eigenvalue weighted by Gasteiger charge is -2.39. The number of likely N-dealkylation sites (N-methyl/N-ethyl adjacent to an activating group) is 1. The summed E-state index contributed by atoms with van der Waals surface area (Å²) in [5, 5.41) is 9.88. The van der Waals surface area contributed by atoms with Crippen molar-refractivity contribution in [1.82, 2.24) is 9.80 Å². The van der Waals surface area contributed by atoms with Crippen molar-refractivity contribution in [1.29, 1.82) is 5.26 Å². The Morgan fingerprint density at radius 3 is 2.46 bits per heavy atom. The molecule has 0 aromatic heterocycles. The molecule has 4 rings (SSSR count). The second kappa shape index (κ2) is 4.44.